The maximum atomic E-state index is 13.6. The number of carbonyl (C=O) groups is 1. The molecule has 2 nitrogen and oxygen atoms in total. The normalized spacial score (nSPS) is 35.6. The van der Waals surface area contributed by atoms with E-state index in [1.165, 1.54) is 0 Å². The van der Waals surface area contributed by atoms with E-state index in [9.17, 15) is 35.5 Å². The average Bonchev–Trinajstić information content (AvgIpc) is 2.58. The predicted octanol–water partition coefficient (Wildman–Crippen LogP) is 4.89. The zero-order valence-electron chi connectivity index (χ0n) is 13.1. The minimum Gasteiger partial charge on any atom is -0.450 e. The van der Waals surface area contributed by atoms with E-state index in [4.69, 9.17) is 4.74 Å². The molecule has 0 aliphatic heterocycles. The fourth-order valence-corrected chi connectivity index (χ4v) is 4.75. The Balaban J connectivity index is 1.88. The first-order valence-corrected chi connectivity index (χ1v) is 8.02. The third-order valence-corrected chi connectivity index (χ3v) is 5.71. The van der Waals surface area contributed by atoms with Gasteiger partial charge in [0.25, 0.3) is 0 Å². The van der Waals surface area contributed by atoms with Crippen LogP contribution in [0.5, 0.6) is 0 Å². The Morgan fingerprint density at radius 1 is 0.960 bits per heavy atom. The van der Waals surface area contributed by atoms with Gasteiger partial charge in [0.2, 0.25) is 0 Å². The predicted molar refractivity (Wildman–Crippen MR) is 72.1 cm³/mol. The molecule has 0 saturated heterocycles. The number of fused-ring (bicyclic) bond motifs is 1. The Morgan fingerprint density at radius 3 is 1.92 bits per heavy atom. The van der Waals surface area contributed by atoms with Crippen molar-refractivity contribution in [3.8, 4) is 0 Å². The van der Waals surface area contributed by atoms with Gasteiger partial charge in [-0.15, -0.1) is 0 Å². The van der Waals surface area contributed by atoms with Gasteiger partial charge in [-0.05, 0) is 61.9 Å². The molecule has 0 aromatic heterocycles. The average molecular weight is 374 g/mol. The number of esters is 1. The molecule has 0 amide bonds. The molecule has 0 aromatic rings. The minimum atomic E-state index is -6.57. The first-order chi connectivity index (χ1) is 11.3. The molecule has 4 aliphatic rings. The molecule has 25 heavy (non-hydrogen) atoms. The van der Waals surface area contributed by atoms with Crippen molar-refractivity contribution < 1.29 is 40.3 Å². The van der Waals surface area contributed by atoms with Gasteiger partial charge in [0.05, 0.1) is 0 Å². The first kappa shape index (κ1) is 18.5. The molecule has 0 radical (unpaired) electrons. The van der Waals surface area contributed by atoms with Crippen LogP contribution in [0.25, 0.3) is 0 Å². The van der Waals surface area contributed by atoms with Crippen LogP contribution in [-0.4, -0.2) is 29.6 Å². The van der Waals surface area contributed by atoms with E-state index in [2.05, 4.69) is 6.58 Å². The second kappa shape index (κ2) is 5.36. The van der Waals surface area contributed by atoms with Crippen LogP contribution in [0.4, 0.5) is 30.7 Å². The molecular formula is C16H17F7O2. The molecule has 4 rings (SSSR count). The van der Waals surface area contributed by atoms with Gasteiger partial charge in [-0.2, -0.15) is 30.7 Å². The quantitative estimate of drug-likeness (QED) is 0.400. The lowest BCUT2D eigenvalue weighted by atomic mass is 9.66. The Morgan fingerprint density at radius 2 is 1.44 bits per heavy atom. The Bertz CT molecular complexity index is 582. The zero-order chi connectivity index (χ0) is 18.8. The molecule has 9 heteroatoms. The maximum Gasteiger partial charge on any atom is 0.460 e. The van der Waals surface area contributed by atoms with Crippen molar-refractivity contribution in [2.24, 2.45) is 17.8 Å². The van der Waals surface area contributed by atoms with Crippen molar-refractivity contribution >= 4 is 5.97 Å². The van der Waals surface area contributed by atoms with Crippen LogP contribution < -0.4 is 0 Å². The fraction of sp³-hybridized carbons (Fsp3) is 0.812. The molecule has 4 saturated carbocycles. The van der Waals surface area contributed by atoms with Gasteiger partial charge in [-0.3, -0.25) is 0 Å². The standard InChI is InChI=1S/C16H17F7O2/c1-8-2-9-3-10-5-11(4-9)7-13(8,6-10)25-12(24)14(17,18)15(19,20)16(21,22)23/h9-11H,1-7H2/t9?,10-,11+,13?. The minimum absolute atomic E-state index is 0.0706. The second-order valence-electron chi connectivity index (χ2n) is 7.55. The Kier molecular flexibility index (Phi) is 3.97. The van der Waals surface area contributed by atoms with Crippen LogP contribution in [0.3, 0.4) is 0 Å². The zero-order valence-corrected chi connectivity index (χ0v) is 13.1. The highest BCUT2D eigenvalue weighted by atomic mass is 19.4. The molecule has 4 fully saturated rings. The Labute approximate surface area is 139 Å². The topological polar surface area (TPSA) is 26.3 Å². The lowest BCUT2D eigenvalue weighted by molar-refractivity contribution is -0.350. The van der Waals surface area contributed by atoms with Crippen LogP contribution in [0, 0.1) is 17.8 Å². The maximum absolute atomic E-state index is 13.6. The van der Waals surface area contributed by atoms with Crippen LogP contribution in [-0.2, 0) is 9.53 Å². The summed E-state index contributed by atoms with van der Waals surface area (Å²) in [6.45, 7) is 3.76. The first-order valence-electron chi connectivity index (χ1n) is 8.02. The molecule has 4 bridgehead atoms. The molecule has 0 N–H and O–H groups in total. The molecule has 142 valence electrons. The number of halogens is 7. The van der Waals surface area contributed by atoms with Crippen molar-refractivity contribution in [2.45, 2.75) is 62.1 Å². The number of carbonyl (C=O) groups excluding carboxylic acids is 1. The van der Waals surface area contributed by atoms with E-state index in [1.54, 1.807) is 0 Å². The number of rotatable bonds is 3. The summed E-state index contributed by atoms with van der Waals surface area (Å²) in [5.74, 6) is -14.9. The van der Waals surface area contributed by atoms with Crippen molar-refractivity contribution in [1.82, 2.24) is 0 Å². The highest BCUT2D eigenvalue weighted by Crippen LogP contribution is 2.57. The van der Waals surface area contributed by atoms with Gasteiger partial charge in [-0.1, -0.05) is 6.58 Å². The largest absolute Gasteiger partial charge is 0.460 e. The lowest BCUT2D eigenvalue weighted by Crippen LogP contribution is -2.58. The summed E-state index contributed by atoms with van der Waals surface area (Å²) >= 11 is 0. The molecule has 0 aromatic carbocycles. The third-order valence-electron chi connectivity index (χ3n) is 5.71. The van der Waals surface area contributed by atoms with Gasteiger partial charge in [0.1, 0.15) is 5.60 Å². The highest BCUT2D eigenvalue weighted by molar-refractivity contribution is 5.80. The number of ether oxygens (including phenoxy) is 1. The second-order valence-corrected chi connectivity index (χ2v) is 7.55. The Hall–Kier alpha value is -1.28. The van der Waals surface area contributed by atoms with Crippen LogP contribution in [0.1, 0.15) is 38.5 Å². The summed E-state index contributed by atoms with van der Waals surface area (Å²) in [7, 11) is 0. The van der Waals surface area contributed by atoms with Gasteiger partial charge >= 0.3 is 24.0 Å². The van der Waals surface area contributed by atoms with Gasteiger partial charge < -0.3 is 4.74 Å². The summed E-state index contributed by atoms with van der Waals surface area (Å²) < 4.78 is 95.0. The van der Waals surface area contributed by atoms with Crippen molar-refractivity contribution in [2.75, 3.05) is 0 Å². The van der Waals surface area contributed by atoms with Gasteiger partial charge in [-0.25, -0.2) is 4.79 Å². The summed E-state index contributed by atoms with van der Waals surface area (Å²) in [5.41, 5.74) is -1.23. The lowest BCUT2D eigenvalue weighted by Gasteiger charge is -2.45. The van der Waals surface area contributed by atoms with Crippen LogP contribution in [0.2, 0.25) is 0 Å². The number of hydrogen-bond donors (Lipinski definition) is 0. The summed E-state index contributed by atoms with van der Waals surface area (Å²) in [6, 6.07) is 0. The summed E-state index contributed by atoms with van der Waals surface area (Å²) in [6.07, 6.45) is -3.45. The summed E-state index contributed by atoms with van der Waals surface area (Å²) in [5, 5.41) is 0. The monoisotopic (exact) mass is 374 g/mol. The molecule has 4 aliphatic carbocycles. The molecule has 0 spiro atoms. The molecule has 2 unspecified atom stereocenters. The molecule has 4 atom stereocenters. The third kappa shape index (κ3) is 2.73. The van der Waals surface area contributed by atoms with E-state index in [1.807, 2.05) is 0 Å². The van der Waals surface area contributed by atoms with Gasteiger partial charge in [0, 0.05) is 0 Å². The van der Waals surface area contributed by atoms with E-state index >= 15 is 0 Å². The molecular weight excluding hydrogens is 357 g/mol. The summed E-state index contributed by atoms with van der Waals surface area (Å²) in [4.78, 5) is 11.7. The highest BCUT2D eigenvalue weighted by Gasteiger charge is 2.77. The molecule has 0 heterocycles. The van der Waals surface area contributed by atoms with Crippen molar-refractivity contribution in [1.29, 1.82) is 0 Å². The van der Waals surface area contributed by atoms with Crippen molar-refractivity contribution in [3.05, 3.63) is 12.2 Å². The number of alkyl halides is 7. The van der Waals surface area contributed by atoms with E-state index in [0.29, 0.717) is 12.0 Å². The van der Waals surface area contributed by atoms with Crippen LogP contribution in [0.15, 0.2) is 12.2 Å². The van der Waals surface area contributed by atoms with E-state index in [0.717, 1.165) is 19.3 Å². The number of hydrogen-bond acceptors (Lipinski definition) is 2. The van der Waals surface area contributed by atoms with E-state index in [-0.39, 0.29) is 30.6 Å². The van der Waals surface area contributed by atoms with Crippen molar-refractivity contribution in [3.63, 3.8) is 0 Å². The van der Waals surface area contributed by atoms with Gasteiger partial charge in [0.15, 0.2) is 0 Å². The van der Waals surface area contributed by atoms with Crippen LogP contribution >= 0.6 is 0 Å². The van der Waals surface area contributed by atoms with E-state index < -0.39 is 29.6 Å². The fourth-order valence-electron chi connectivity index (χ4n) is 4.75. The smallest absolute Gasteiger partial charge is 0.450 e. The SMILES string of the molecule is C=C1CC2C[C@@H]3C[C@H](C2)CC1(OC(=O)C(F)(F)C(F)(F)C(F)(F)F)C3.